The van der Waals surface area contributed by atoms with Gasteiger partial charge in [-0.1, -0.05) is 25.4 Å². The molecule has 100 valence electrons. The third kappa shape index (κ3) is 3.32. The molecule has 2 aromatic heterocycles. The fraction of sp³-hybridized carbons (Fsp3) is 0.308. The number of nitrogens with zero attached hydrogens (tertiary/aromatic N) is 2. The number of carbonyl (C=O) groups excluding carboxylic acids is 1. The van der Waals surface area contributed by atoms with Gasteiger partial charge in [0.1, 0.15) is 17.3 Å². The highest BCUT2D eigenvalue weighted by atomic mass is 35.5. The van der Waals surface area contributed by atoms with Crippen LogP contribution in [0.5, 0.6) is 0 Å². The quantitative estimate of drug-likeness (QED) is 0.934. The van der Waals surface area contributed by atoms with Gasteiger partial charge in [-0.2, -0.15) is 0 Å². The van der Waals surface area contributed by atoms with Gasteiger partial charge < -0.3 is 9.73 Å². The third-order valence-electron chi connectivity index (χ3n) is 2.50. The Hall–Kier alpha value is -1.88. The average Bonchev–Trinajstić information content (AvgIpc) is 2.89. The number of aromatic nitrogens is 2. The number of carbonyl (C=O) groups is 1. The van der Waals surface area contributed by atoms with Crippen LogP contribution in [0, 0.1) is 0 Å². The largest absolute Gasteiger partial charge is 0.467 e. The van der Waals surface area contributed by atoms with Gasteiger partial charge in [-0.3, -0.25) is 4.79 Å². The molecule has 0 unspecified atom stereocenters. The smallest absolute Gasteiger partial charge is 0.271 e. The fourth-order valence-corrected chi connectivity index (χ4v) is 1.66. The first-order valence-corrected chi connectivity index (χ1v) is 6.28. The van der Waals surface area contributed by atoms with Crippen molar-refractivity contribution in [3.63, 3.8) is 0 Å². The minimum Gasteiger partial charge on any atom is -0.467 e. The Balaban J connectivity index is 2.11. The molecule has 2 aromatic rings. The lowest BCUT2D eigenvalue weighted by Gasteiger charge is -2.08. The molecule has 0 aliphatic heterocycles. The summed E-state index contributed by atoms with van der Waals surface area (Å²) in [6.45, 7) is 4.20. The second-order valence-corrected chi connectivity index (χ2v) is 4.75. The molecule has 0 spiro atoms. The molecule has 0 aliphatic carbocycles. The van der Waals surface area contributed by atoms with Gasteiger partial charge in [0.15, 0.2) is 0 Å². The maximum Gasteiger partial charge on any atom is 0.271 e. The van der Waals surface area contributed by atoms with Crippen LogP contribution in [0.3, 0.4) is 0 Å². The Morgan fingerprint density at radius 2 is 2.32 bits per heavy atom. The molecule has 0 fully saturated rings. The van der Waals surface area contributed by atoms with E-state index in [-0.39, 0.29) is 22.5 Å². The monoisotopic (exact) mass is 279 g/mol. The van der Waals surface area contributed by atoms with Crippen molar-refractivity contribution in [2.24, 2.45) is 0 Å². The average molecular weight is 280 g/mol. The molecule has 0 aromatic carbocycles. The van der Waals surface area contributed by atoms with E-state index in [1.807, 2.05) is 13.8 Å². The Labute approximate surface area is 116 Å². The van der Waals surface area contributed by atoms with E-state index in [0.717, 1.165) is 0 Å². The molecule has 0 radical (unpaired) electrons. The Morgan fingerprint density at radius 1 is 1.53 bits per heavy atom. The van der Waals surface area contributed by atoms with E-state index in [1.165, 1.54) is 6.20 Å². The number of hydrogen-bond donors (Lipinski definition) is 1. The first kappa shape index (κ1) is 13.5. The lowest BCUT2D eigenvalue weighted by Crippen LogP contribution is -2.24. The molecule has 0 saturated carbocycles. The predicted molar refractivity (Wildman–Crippen MR) is 71.0 cm³/mol. The minimum absolute atomic E-state index is 0.133. The number of amides is 1. The topological polar surface area (TPSA) is 68.0 Å². The molecule has 1 amide bonds. The van der Waals surface area contributed by atoms with Crippen molar-refractivity contribution in [3.8, 4) is 0 Å². The van der Waals surface area contributed by atoms with Crippen LogP contribution in [-0.2, 0) is 6.54 Å². The zero-order valence-electron chi connectivity index (χ0n) is 10.7. The number of rotatable bonds is 4. The maximum absolute atomic E-state index is 12.0. The van der Waals surface area contributed by atoms with Crippen LogP contribution in [-0.4, -0.2) is 15.9 Å². The number of halogens is 1. The Morgan fingerprint density at radius 3 is 2.95 bits per heavy atom. The predicted octanol–water partition coefficient (Wildman–Crippen LogP) is 2.78. The first-order valence-electron chi connectivity index (χ1n) is 5.91. The molecule has 0 bridgehead atoms. The molecule has 2 rings (SSSR count). The van der Waals surface area contributed by atoms with Gasteiger partial charge in [-0.25, -0.2) is 9.97 Å². The van der Waals surface area contributed by atoms with Crippen LogP contribution in [0.1, 0.15) is 41.8 Å². The second kappa shape index (κ2) is 5.84. The molecule has 0 saturated heterocycles. The van der Waals surface area contributed by atoms with E-state index in [0.29, 0.717) is 18.1 Å². The summed E-state index contributed by atoms with van der Waals surface area (Å²) in [5.74, 6) is 1.05. The normalized spacial score (nSPS) is 10.7. The van der Waals surface area contributed by atoms with Gasteiger partial charge >= 0.3 is 0 Å². The first-order chi connectivity index (χ1) is 9.08. The summed E-state index contributed by atoms with van der Waals surface area (Å²) in [6, 6.07) is 3.54. The number of hydrogen-bond acceptors (Lipinski definition) is 4. The van der Waals surface area contributed by atoms with Gasteiger partial charge in [0.25, 0.3) is 5.91 Å². The van der Waals surface area contributed by atoms with Crippen LogP contribution in [0.2, 0.25) is 5.02 Å². The van der Waals surface area contributed by atoms with Crippen molar-refractivity contribution in [3.05, 3.63) is 46.9 Å². The fourth-order valence-electron chi connectivity index (χ4n) is 1.48. The van der Waals surface area contributed by atoms with E-state index in [9.17, 15) is 4.79 Å². The summed E-state index contributed by atoms with van der Waals surface area (Å²) in [5, 5.41) is 2.94. The Bertz CT molecular complexity index is 567. The summed E-state index contributed by atoms with van der Waals surface area (Å²) < 4.78 is 5.13. The molecule has 1 N–H and O–H groups in total. The highest BCUT2D eigenvalue weighted by Crippen LogP contribution is 2.16. The van der Waals surface area contributed by atoms with Crippen molar-refractivity contribution in [1.29, 1.82) is 0 Å². The van der Waals surface area contributed by atoms with E-state index in [4.69, 9.17) is 16.0 Å². The van der Waals surface area contributed by atoms with E-state index in [1.54, 1.807) is 18.4 Å². The lowest BCUT2D eigenvalue weighted by atomic mass is 10.2. The van der Waals surface area contributed by atoms with E-state index < -0.39 is 0 Å². The zero-order valence-corrected chi connectivity index (χ0v) is 11.4. The SMILES string of the molecule is CC(C)c1ncc(Cl)c(C(=O)NCc2ccco2)n1. The highest BCUT2D eigenvalue weighted by Gasteiger charge is 2.15. The maximum atomic E-state index is 12.0. The molecular formula is C13H14ClN3O2. The summed E-state index contributed by atoms with van der Waals surface area (Å²) in [6.07, 6.45) is 3.00. The highest BCUT2D eigenvalue weighted by molar-refractivity contribution is 6.33. The summed E-state index contributed by atoms with van der Waals surface area (Å²) >= 11 is 5.95. The minimum atomic E-state index is -0.342. The van der Waals surface area contributed by atoms with Gasteiger partial charge in [-0.15, -0.1) is 0 Å². The van der Waals surface area contributed by atoms with E-state index >= 15 is 0 Å². The molecule has 0 aliphatic rings. The zero-order chi connectivity index (χ0) is 13.8. The van der Waals surface area contributed by atoms with Crippen LogP contribution in [0.4, 0.5) is 0 Å². The molecule has 6 heteroatoms. The van der Waals surface area contributed by atoms with Crippen LogP contribution in [0.15, 0.2) is 29.0 Å². The van der Waals surface area contributed by atoms with Crippen LogP contribution in [0.25, 0.3) is 0 Å². The molecule has 19 heavy (non-hydrogen) atoms. The second-order valence-electron chi connectivity index (χ2n) is 4.34. The van der Waals surface area contributed by atoms with Gasteiger partial charge in [0.05, 0.1) is 24.0 Å². The van der Waals surface area contributed by atoms with Crippen molar-refractivity contribution < 1.29 is 9.21 Å². The number of furan rings is 1. The molecule has 0 atom stereocenters. The summed E-state index contributed by atoms with van der Waals surface area (Å²) in [7, 11) is 0. The van der Waals surface area contributed by atoms with Gasteiger partial charge in [0, 0.05) is 5.92 Å². The van der Waals surface area contributed by atoms with Crippen molar-refractivity contribution in [2.45, 2.75) is 26.3 Å². The summed E-state index contributed by atoms with van der Waals surface area (Å²) in [5.41, 5.74) is 0.187. The van der Waals surface area contributed by atoms with E-state index in [2.05, 4.69) is 15.3 Å². The molecule has 2 heterocycles. The molecular weight excluding hydrogens is 266 g/mol. The van der Waals surface area contributed by atoms with Gasteiger partial charge in [0.2, 0.25) is 0 Å². The Kier molecular flexibility index (Phi) is 4.16. The van der Waals surface area contributed by atoms with Crippen LogP contribution >= 0.6 is 11.6 Å². The number of nitrogens with one attached hydrogen (secondary N) is 1. The molecule has 5 nitrogen and oxygen atoms in total. The standard InChI is InChI=1S/C13H14ClN3O2/c1-8(2)12-15-7-10(14)11(17-12)13(18)16-6-9-4-3-5-19-9/h3-5,7-8H,6H2,1-2H3,(H,16,18). The third-order valence-corrected chi connectivity index (χ3v) is 2.77. The van der Waals surface area contributed by atoms with Crippen LogP contribution < -0.4 is 5.32 Å². The summed E-state index contributed by atoms with van der Waals surface area (Å²) in [4.78, 5) is 20.3. The lowest BCUT2D eigenvalue weighted by molar-refractivity contribution is 0.0942. The van der Waals surface area contributed by atoms with Gasteiger partial charge in [-0.05, 0) is 12.1 Å². The van der Waals surface area contributed by atoms with Crippen molar-refractivity contribution in [2.75, 3.05) is 0 Å². The van der Waals surface area contributed by atoms with Crippen molar-refractivity contribution >= 4 is 17.5 Å². The van der Waals surface area contributed by atoms with Crippen molar-refractivity contribution in [1.82, 2.24) is 15.3 Å².